The van der Waals surface area contributed by atoms with Gasteiger partial charge in [-0.3, -0.25) is 0 Å². The lowest BCUT2D eigenvalue weighted by molar-refractivity contribution is 0.405. The zero-order valence-electron chi connectivity index (χ0n) is 14.5. The van der Waals surface area contributed by atoms with Crippen molar-refractivity contribution in [3.63, 3.8) is 0 Å². The van der Waals surface area contributed by atoms with Crippen LogP contribution >= 0.6 is 0 Å². The van der Waals surface area contributed by atoms with Crippen LogP contribution in [0, 0.1) is 0 Å². The molecular weight excluding hydrogens is 346 g/mol. The minimum atomic E-state index is -3.55. The molecule has 0 radical (unpaired) electrons. The Kier molecular flexibility index (Phi) is 3.65. The fourth-order valence-electron chi connectivity index (χ4n) is 3.93. The van der Waals surface area contributed by atoms with Crippen LogP contribution in [0.4, 0.5) is 0 Å². The number of fused-ring (bicyclic) bond motifs is 2. The van der Waals surface area contributed by atoms with Gasteiger partial charge in [0.1, 0.15) is 5.82 Å². The van der Waals surface area contributed by atoms with Crippen LogP contribution in [0.1, 0.15) is 42.1 Å². The molecule has 1 aromatic heterocycles. The van der Waals surface area contributed by atoms with Crippen molar-refractivity contribution in [3.05, 3.63) is 53.3 Å². The van der Waals surface area contributed by atoms with Crippen molar-refractivity contribution in [1.82, 2.24) is 15.3 Å². The number of aromatic nitrogens is 2. The van der Waals surface area contributed by atoms with Crippen LogP contribution in [0.5, 0.6) is 0 Å². The van der Waals surface area contributed by atoms with Gasteiger partial charge in [-0.25, -0.2) is 13.4 Å². The quantitative estimate of drug-likeness (QED) is 0.745. The zero-order chi connectivity index (χ0) is 17.7. The minimum absolute atomic E-state index is 0.334. The lowest BCUT2D eigenvalue weighted by Crippen LogP contribution is -2.25. The van der Waals surface area contributed by atoms with E-state index in [0.717, 1.165) is 60.3 Å². The average molecular weight is 367 g/mol. The van der Waals surface area contributed by atoms with Crippen LogP contribution < -0.4 is 5.32 Å². The Morgan fingerprint density at radius 1 is 1.12 bits per heavy atom. The van der Waals surface area contributed by atoms with Crippen LogP contribution in [0.3, 0.4) is 0 Å². The summed E-state index contributed by atoms with van der Waals surface area (Å²) in [5.41, 5.74) is 3.67. The molecule has 1 fully saturated rings. The van der Waals surface area contributed by atoms with Crippen molar-refractivity contribution in [2.45, 2.75) is 47.9 Å². The molecule has 5 nitrogen and oxygen atoms in total. The molecule has 26 heavy (non-hydrogen) atoms. The molecule has 6 heteroatoms. The number of sulfone groups is 1. The van der Waals surface area contributed by atoms with Gasteiger partial charge in [-0.05, 0) is 61.2 Å². The van der Waals surface area contributed by atoms with Crippen molar-refractivity contribution in [1.29, 1.82) is 0 Å². The van der Waals surface area contributed by atoms with E-state index in [9.17, 15) is 8.42 Å². The third-order valence-corrected chi connectivity index (χ3v) is 7.50. The summed E-state index contributed by atoms with van der Waals surface area (Å²) >= 11 is 0. The van der Waals surface area contributed by atoms with Gasteiger partial charge in [-0.15, -0.1) is 0 Å². The molecular formula is C20H21N3O2S. The van der Waals surface area contributed by atoms with Gasteiger partial charge in [-0.1, -0.05) is 18.6 Å². The summed E-state index contributed by atoms with van der Waals surface area (Å²) in [4.78, 5) is 8.75. The Labute approximate surface area is 152 Å². The van der Waals surface area contributed by atoms with E-state index in [2.05, 4.69) is 15.3 Å². The smallest absolute Gasteiger partial charge is 0.206 e. The molecule has 2 N–H and O–H groups in total. The van der Waals surface area contributed by atoms with E-state index in [0.29, 0.717) is 15.7 Å². The molecule has 2 heterocycles. The lowest BCUT2D eigenvalue weighted by atomic mass is 9.85. The standard InChI is InChI=1S/C20H21N3O2S/c24-26(25,19-6-2-5-14-12-21-10-9-16(14)19)15-7-8-17-18(11-15)23-20(22-17)13-3-1-4-13/h2,5-8,11,13,21H,1,3-4,9-10,12H2,(H,22,23). The van der Waals surface area contributed by atoms with Crippen molar-refractivity contribution < 1.29 is 8.42 Å². The fraction of sp³-hybridized carbons (Fsp3) is 0.350. The SMILES string of the molecule is O=S(=O)(c1ccc2nc(C3CCC3)[nH]c2c1)c1cccc2c1CCNC2. The minimum Gasteiger partial charge on any atom is -0.342 e. The number of nitrogens with one attached hydrogen (secondary N) is 2. The van der Waals surface area contributed by atoms with Crippen molar-refractivity contribution >= 4 is 20.9 Å². The summed E-state index contributed by atoms with van der Waals surface area (Å²) in [7, 11) is -3.55. The number of H-pyrrole nitrogens is 1. The molecule has 2 aliphatic rings. The highest BCUT2D eigenvalue weighted by molar-refractivity contribution is 7.91. The first-order valence-corrected chi connectivity index (χ1v) is 10.7. The normalized spacial score (nSPS) is 17.8. The Morgan fingerprint density at radius 2 is 2.00 bits per heavy atom. The summed E-state index contributed by atoms with van der Waals surface area (Å²) in [5, 5.41) is 3.30. The molecule has 0 saturated heterocycles. The number of hydrogen-bond acceptors (Lipinski definition) is 4. The maximum Gasteiger partial charge on any atom is 0.206 e. The summed E-state index contributed by atoms with van der Waals surface area (Å²) in [5.74, 6) is 1.49. The van der Waals surface area contributed by atoms with Gasteiger partial charge in [0.2, 0.25) is 9.84 Å². The van der Waals surface area contributed by atoms with Gasteiger partial charge >= 0.3 is 0 Å². The fourth-order valence-corrected chi connectivity index (χ4v) is 5.52. The molecule has 3 aromatic rings. The third kappa shape index (κ3) is 2.47. The van der Waals surface area contributed by atoms with Gasteiger partial charge in [0.25, 0.3) is 0 Å². The molecule has 1 aliphatic carbocycles. The van der Waals surface area contributed by atoms with Gasteiger partial charge in [0.15, 0.2) is 0 Å². The van der Waals surface area contributed by atoms with E-state index in [1.165, 1.54) is 6.42 Å². The number of rotatable bonds is 3. The molecule has 2 aromatic carbocycles. The number of aromatic amines is 1. The largest absolute Gasteiger partial charge is 0.342 e. The number of benzene rings is 2. The Balaban J connectivity index is 1.60. The van der Waals surface area contributed by atoms with Crippen molar-refractivity contribution in [2.75, 3.05) is 6.54 Å². The van der Waals surface area contributed by atoms with Crippen LogP contribution in [0.2, 0.25) is 0 Å². The van der Waals surface area contributed by atoms with E-state index >= 15 is 0 Å². The average Bonchev–Trinajstić information content (AvgIpc) is 3.02. The first-order valence-electron chi connectivity index (χ1n) is 9.19. The monoisotopic (exact) mass is 367 g/mol. The molecule has 0 bridgehead atoms. The summed E-state index contributed by atoms with van der Waals surface area (Å²) in [6.45, 7) is 1.53. The summed E-state index contributed by atoms with van der Waals surface area (Å²) < 4.78 is 26.6. The van der Waals surface area contributed by atoms with Gasteiger partial charge in [0, 0.05) is 12.5 Å². The third-order valence-electron chi connectivity index (χ3n) is 5.66. The van der Waals surface area contributed by atoms with E-state index < -0.39 is 9.84 Å². The van der Waals surface area contributed by atoms with E-state index in [1.807, 2.05) is 18.2 Å². The maximum atomic E-state index is 13.3. The van der Waals surface area contributed by atoms with E-state index in [1.54, 1.807) is 18.2 Å². The maximum absolute atomic E-state index is 13.3. The zero-order valence-corrected chi connectivity index (χ0v) is 15.3. The first-order chi connectivity index (χ1) is 12.6. The van der Waals surface area contributed by atoms with Crippen LogP contribution in [0.25, 0.3) is 11.0 Å². The van der Waals surface area contributed by atoms with Gasteiger partial charge < -0.3 is 10.3 Å². The highest BCUT2D eigenvalue weighted by Gasteiger charge is 2.26. The topological polar surface area (TPSA) is 74.8 Å². The van der Waals surface area contributed by atoms with Crippen LogP contribution in [-0.2, 0) is 22.8 Å². The summed E-state index contributed by atoms with van der Waals surface area (Å²) in [6, 6.07) is 10.8. The second kappa shape index (κ2) is 5.93. The van der Waals surface area contributed by atoms with Crippen LogP contribution in [-0.4, -0.2) is 24.9 Å². The number of nitrogens with zero attached hydrogens (tertiary/aromatic N) is 1. The van der Waals surface area contributed by atoms with Crippen molar-refractivity contribution in [2.24, 2.45) is 0 Å². The Hall–Kier alpha value is -2.18. The van der Waals surface area contributed by atoms with Gasteiger partial charge in [-0.2, -0.15) is 0 Å². The molecule has 134 valence electrons. The number of imidazole rings is 1. The molecule has 0 amide bonds. The molecule has 0 unspecified atom stereocenters. The summed E-state index contributed by atoms with van der Waals surface area (Å²) in [6.07, 6.45) is 4.31. The molecule has 0 spiro atoms. The second-order valence-corrected chi connectivity index (χ2v) is 9.17. The van der Waals surface area contributed by atoms with Crippen LogP contribution in [0.15, 0.2) is 46.2 Å². The van der Waals surface area contributed by atoms with Crippen molar-refractivity contribution in [3.8, 4) is 0 Å². The Bertz CT molecular complexity index is 1100. The van der Waals surface area contributed by atoms with E-state index in [-0.39, 0.29) is 0 Å². The Morgan fingerprint density at radius 3 is 2.81 bits per heavy atom. The molecule has 1 aliphatic heterocycles. The predicted octanol–water partition coefficient (Wildman–Crippen LogP) is 3.31. The number of hydrogen-bond donors (Lipinski definition) is 2. The molecule has 5 rings (SSSR count). The lowest BCUT2D eigenvalue weighted by Gasteiger charge is -2.22. The molecule has 1 saturated carbocycles. The predicted molar refractivity (Wildman–Crippen MR) is 100.0 cm³/mol. The molecule has 0 atom stereocenters. The second-order valence-electron chi connectivity index (χ2n) is 7.25. The highest BCUT2D eigenvalue weighted by atomic mass is 32.2. The van der Waals surface area contributed by atoms with Gasteiger partial charge in [0.05, 0.1) is 20.8 Å². The van der Waals surface area contributed by atoms with E-state index in [4.69, 9.17) is 0 Å². The first kappa shape index (κ1) is 16.0. The highest BCUT2D eigenvalue weighted by Crippen LogP contribution is 2.36.